The molecule has 24 heavy (non-hydrogen) atoms. The molecule has 0 aliphatic carbocycles. The fourth-order valence-electron chi connectivity index (χ4n) is 2.85. The van der Waals surface area contributed by atoms with Gasteiger partial charge in [0.25, 0.3) is 0 Å². The number of rotatable bonds is 4. The molecule has 0 amide bonds. The smallest absolute Gasteiger partial charge is 0.138 e. The van der Waals surface area contributed by atoms with Crippen LogP contribution in [0, 0.1) is 0 Å². The molecule has 1 N–H and O–H groups in total. The van der Waals surface area contributed by atoms with Crippen LogP contribution in [0.3, 0.4) is 0 Å². The zero-order chi connectivity index (χ0) is 16.4. The van der Waals surface area contributed by atoms with Crippen molar-refractivity contribution in [3.05, 3.63) is 84.7 Å². The van der Waals surface area contributed by atoms with E-state index in [1.807, 2.05) is 66.5 Å². The summed E-state index contributed by atoms with van der Waals surface area (Å²) in [6.07, 6.45) is 5.35. The highest BCUT2D eigenvalue weighted by Gasteiger charge is 2.19. The van der Waals surface area contributed by atoms with E-state index in [9.17, 15) is 0 Å². The first-order valence-electron chi connectivity index (χ1n) is 7.81. The van der Waals surface area contributed by atoms with Gasteiger partial charge in [0.05, 0.1) is 5.52 Å². The first kappa shape index (κ1) is 14.4. The highest BCUT2D eigenvalue weighted by molar-refractivity contribution is 5.88. The van der Waals surface area contributed by atoms with E-state index < -0.39 is 0 Å². The average Bonchev–Trinajstić information content (AvgIpc) is 3.06. The minimum atomic E-state index is -0.0930. The molecule has 4 rings (SSSR count). The van der Waals surface area contributed by atoms with E-state index in [1.165, 1.54) is 0 Å². The van der Waals surface area contributed by atoms with Crippen molar-refractivity contribution in [3.8, 4) is 0 Å². The van der Waals surface area contributed by atoms with Crippen molar-refractivity contribution in [2.75, 3.05) is 5.32 Å². The molecule has 2 heterocycles. The number of hydrogen-bond acceptors (Lipinski definition) is 4. The second-order valence-corrected chi connectivity index (χ2v) is 5.62. The number of nitrogens with zero attached hydrogens (tertiary/aromatic N) is 4. The van der Waals surface area contributed by atoms with Gasteiger partial charge >= 0.3 is 0 Å². The Kier molecular flexibility index (Phi) is 3.67. The normalized spacial score (nSPS) is 12.2. The van der Waals surface area contributed by atoms with Crippen LogP contribution in [0.25, 0.3) is 10.9 Å². The Morgan fingerprint density at radius 2 is 1.71 bits per heavy atom. The van der Waals surface area contributed by atoms with Crippen LogP contribution in [0.15, 0.2) is 73.3 Å². The summed E-state index contributed by atoms with van der Waals surface area (Å²) in [7, 11) is 2.00. The molecule has 5 nitrogen and oxygen atoms in total. The van der Waals surface area contributed by atoms with Crippen LogP contribution >= 0.6 is 0 Å². The molecule has 2 aromatic heterocycles. The lowest BCUT2D eigenvalue weighted by atomic mass is 10.1. The molecule has 0 fully saturated rings. The van der Waals surface area contributed by atoms with Crippen LogP contribution in [0.5, 0.6) is 0 Å². The SMILES string of the molecule is Cn1ccnc1C(Nc1ncnc2ccccc12)c1ccccc1. The lowest BCUT2D eigenvalue weighted by Gasteiger charge is -2.20. The Balaban J connectivity index is 1.81. The fraction of sp³-hybridized carbons (Fsp3) is 0.105. The van der Waals surface area contributed by atoms with Crippen molar-refractivity contribution in [1.29, 1.82) is 0 Å². The minimum Gasteiger partial charge on any atom is -0.356 e. The fourth-order valence-corrected chi connectivity index (χ4v) is 2.85. The molecule has 118 valence electrons. The Morgan fingerprint density at radius 1 is 0.917 bits per heavy atom. The van der Waals surface area contributed by atoms with Crippen LogP contribution in [-0.4, -0.2) is 19.5 Å². The molecule has 2 aromatic carbocycles. The molecule has 0 aliphatic rings. The number of fused-ring (bicyclic) bond motifs is 1. The number of imidazole rings is 1. The van der Waals surface area contributed by atoms with E-state index >= 15 is 0 Å². The summed E-state index contributed by atoms with van der Waals surface area (Å²) in [5.74, 6) is 1.74. The van der Waals surface area contributed by atoms with Gasteiger partial charge in [-0.25, -0.2) is 15.0 Å². The first-order valence-corrected chi connectivity index (χ1v) is 7.81. The third-order valence-electron chi connectivity index (χ3n) is 4.07. The Labute approximate surface area is 140 Å². The zero-order valence-corrected chi connectivity index (χ0v) is 13.3. The lowest BCUT2D eigenvalue weighted by Crippen LogP contribution is -2.17. The van der Waals surface area contributed by atoms with Crippen molar-refractivity contribution < 1.29 is 0 Å². The Morgan fingerprint density at radius 3 is 2.50 bits per heavy atom. The molecule has 4 aromatic rings. The molecule has 0 aliphatic heterocycles. The monoisotopic (exact) mass is 315 g/mol. The largest absolute Gasteiger partial charge is 0.356 e. The molecular weight excluding hydrogens is 298 g/mol. The molecule has 1 atom stereocenters. The summed E-state index contributed by atoms with van der Waals surface area (Å²) < 4.78 is 2.02. The van der Waals surface area contributed by atoms with Crippen molar-refractivity contribution in [2.24, 2.45) is 7.05 Å². The maximum Gasteiger partial charge on any atom is 0.138 e. The van der Waals surface area contributed by atoms with Gasteiger partial charge in [0.2, 0.25) is 0 Å². The summed E-state index contributed by atoms with van der Waals surface area (Å²) in [4.78, 5) is 13.3. The summed E-state index contributed by atoms with van der Waals surface area (Å²) in [6, 6.07) is 18.2. The summed E-state index contributed by atoms with van der Waals surface area (Å²) in [6.45, 7) is 0. The lowest BCUT2D eigenvalue weighted by molar-refractivity contribution is 0.746. The van der Waals surface area contributed by atoms with Gasteiger partial charge in [-0.2, -0.15) is 0 Å². The third-order valence-corrected chi connectivity index (χ3v) is 4.07. The molecule has 0 radical (unpaired) electrons. The highest BCUT2D eigenvalue weighted by atomic mass is 15.1. The van der Waals surface area contributed by atoms with Gasteiger partial charge in [-0.1, -0.05) is 42.5 Å². The summed E-state index contributed by atoms with van der Waals surface area (Å²) in [5, 5.41) is 4.54. The van der Waals surface area contributed by atoms with E-state index in [-0.39, 0.29) is 6.04 Å². The summed E-state index contributed by atoms with van der Waals surface area (Å²) >= 11 is 0. The Hall–Kier alpha value is -3.21. The van der Waals surface area contributed by atoms with E-state index in [4.69, 9.17) is 0 Å². The second kappa shape index (κ2) is 6.12. The van der Waals surface area contributed by atoms with E-state index in [0.717, 1.165) is 28.1 Å². The first-order chi connectivity index (χ1) is 11.8. The third kappa shape index (κ3) is 2.60. The molecule has 0 saturated carbocycles. The van der Waals surface area contributed by atoms with Crippen molar-refractivity contribution in [3.63, 3.8) is 0 Å². The van der Waals surface area contributed by atoms with Crippen molar-refractivity contribution in [2.45, 2.75) is 6.04 Å². The number of anilines is 1. The molecular formula is C19H17N5. The topological polar surface area (TPSA) is 55.6 Å². The van der Waals surface area contributed by atoms with Gasteiger partial charge in [0, 0.05) is 24.8 Å². The van der Waals surface area contributed by atoms with Gasteiger partial charge in [0.15, 0.2) is 0 Å². The molecule has 5 heteroatoms. The molecule has 0 saturated heterocycles. The quantitative estimate of drug-likeness (QED) is 0.625. The van der Waals surface area contributed by atoms with Crippen LogP contribution in [0.4, 0.5) is 5.82 Å². The van der Waals surface area contributed by atoms with E-state index in [0.29, 0.717) is 0 Å². The zero-order valence-electron chi connectivity index (χ0n) is 13.3. The maximum absolute atomic E-state index is 4.53. The highest BCUT2D eigenvalue weighted by Crippen LogP contribution is 2.27. The van der Waals surface area contributed by atoms with Crippen LogP contribution in [0.1, 0.15) is 17.4 Å². The standard InChI is InChI=1S/C19H17N5/c1-24-12-11-20-19(24)17(14-7-3-2-4-8-14)23-18-15-9-5-6-10-16(15)21-13-22-18/h2-13,17H,1H3,(H,21,22,23). The van der Waals surface area contributed by atoms with Gasteiger partial charge in [0.1, 0.15) is 24.0 Å². The van der Waals surface area contributed by atoms with E-state index in [2.05, 4.69) is 32.4 Å². The second-order valence-electron chi connectivity index (χ2n) is 5.62. The Bertz CT molecular complexity index is 956. The molecule has 1 unspecified atom stereocenters. The minimum absolute atomic E-state index is 0.0930. The predicted octanol–water partition coefficient (Wildman–Crippen LogP) is 3.56. The van der Waals surface area contributed by atoms with Gasteiger partial charge in [-0.3, -0.25) is 0 Å². The number of nitrogens with one attached hydrogen (secondary N) is 1. The predicted molar refractivity (Wildman–Crippen MR) is 94.7 cm³/mol. The van der Waals surface area contributed by atoms with Crippen LogP contribution in [0.2, 0.25) is 0 Å². The number of aryl methyl sites for hydroxylation is 1. The average molecular weight is 315 g/mol. The van der Waals surface area contributed by atoms with Gasteiger partial charge in [-0.15, -0.1) is 0 Å². The number of hydrogen-bond donors (Lipinski definition) is 1. The van der Waals surface area contributed by atoms with E-state index in [1.54, 1.807) is 6.33 Å². The van der Waals surface area contributed by atoms with Crippen LogP contribution in [-0.2, 0) is 7.05 Å². The summed E-state index contributed by atoms with van der Waals surface area (Å²) in [5.41, 5.74) is 2.05. The van der Waals surface area contributed by atoms with Crippen molar-refractivity contribution in [1.82, 2.24) is 19.5 Å². The molecule has 0 spiro atoms. The number of benzene rings is 2. The van der Waals surface area contributed by atoms with Crippen LogP contribution < -0.4 is 5.32 Å². The van der Waals surface area contributed by atoms with Crippen molar-refractivity contribution >= 4 is 16.7 Å². The van der Waals surface area contributed by atoms with Gasteiger partial charge in [-0.05, 0) is 17.7 Å². The van der Waals surface area contributed by atoms with Gasteiger partial charge < -0.3 is 9.88 Å². The number of para-hydroxylation sites is 1. The molecule has 0 bridgehead atoms. The maximum atomic E-state index is 4.53. The number of aromatic nitrogens is 4.